The Labute approximate surface area is 90.5 Å². The van der Waals surface area contributed by atoms with Gasteiger partial charge in [0.25, 0.3) is 6.01 Å². The first-order chi connectivity index (χ1) is 7.75. The maximum absolute atomic E-state index is 11.0. The third-order valence-electron chi connectivity index (χ3n) is 2.01. The molecule has 1 atom stereocenters. The van der Waals surface area contributed by atoms with Crippen molar-refractivity contribution in [1.82, 2.24) is 15.0 Å². The number of aliphatic carboxylic acids is 1. The van der Waals surface area contributed by atoms with Gasteiger partial charge in [-0.25, -0.2) is 14.8 Å². The molecular weight excluding hydrogens is 212 g/mol. The van der Waals surface area contributed by atoms with E-state index >= 15 is 0 Å². The third-order valence-corrected chi connectivity index (χ3v) is 2.01. The van der Waals surface area contributed by atoms with E-state index in [4.69, 9.17) is 9.52 Å². The van der Waals surface area contributed by atoms with Crippen LogP contribution in [0.4, 0.5) is 6.01 Å². The lowest BCUT2D eigenvalue weighted by molar-refractivity contribution is -0.137. The lowest BCUT2D eigenvalue weighted by Gasteiger charge is -2.11. The van der Waals surface area contributed by atoms with Crippen molar-refractivity contribution in [3.63, 3.8) is 0 Å². The molecule has 2 rings (SSSR count). The number of carboxylic acid groups (broad SMARTS) is 1. The van der Waals surface area contributed by atoms with Crippen LogP contribution in [-0.2, 0) is 11.2 Å². The topological polar surface area (TPSA) is 104 Å². The van der Waals surface area contributed by atoms with Crippen LogP contribution in [0.3, 0.4) is 0 Å². The summed E-state index contributed by atoms with van der Waals surface area (Å²) < 4.78 is 4.92. The Morgan fingerprint density at radius 1 is 1.69 bits per heavy atom. The molecule has 16 heavy (non-hydrogen) atoms. The van der Waals surface area contributed by atoms with E-state index in [9.17, 15) is 4.79 Å². The Morgan fingerprint density at radius 3 is 3.12 bits per heavy atom. The largest absolute Gasteiger partial charge is 0.480 e. The quantitative estimate of drug-likeness (QED) is 0.680. The van der Waals surface area contributed by atoms with E-state index in [1.807, 2.05) is 0 Å². The summed E-state index contributed by atoms with van der Waals surface area (Å²) in [5.74, 6) is -0.979. The monoisotopic (exact) mass is 222 g/mol. The van der Waals surface area contributed by atoms with E-state index < -0.39 is 12.0 Å². The summed E-state index contributed by atoms with van der Waals surface area (Å²) in [6.45, 7) is 0. The zero-order valence-corrected chi connectivity index (χ0v) is 8.25. The van der Waals surface area contributed by atoms with Gasteiger partial charge in [-0.05, 0) is 0 Å². The fourth-order valence-electron chi connectivity index (χ4n) is 1.26. The number of anilines is 1. The van der Waals surface area contributed by atoms with Crippen molar-refractivity contribution in [1.29, 1.82) is 0 Å². The van der Waals surface area contributed by atoms with Gasteiger partial charge in [-0.2, -0.15) is 0 Å². The van der Waals surface area contributed by atoms with Crippen molar-refractivity contribution in [2.75, 3.05) is 5.32 Å². The minimum Gasteiger partial charge on any atom is -0.480 e. The van der Waals surface area contributed by atoms with Crippen LogP contribution >= 0.6 is 0 Å². The van der Waals surface area contributed by atoms with Crippen LogP contribution < -0.4 is 5.32 Å². The van der Waals surface area contributed by atoms with E-state index in [1.54, 1.807) is 6.20 Å². The summed E-state index contributed by atoms with van der Waals surface area (Å²) >= 11 is 0. The molecule has 0 saturated heterocycles. The molecule has 0 radical (unpaired) electrons. The Kier molecular flexibility index (Phi) is 2.86. The van der Waals surface area contributed by atoms with Crippen molar-refractivity contribution in [3.8, 4) is 0 Å². The smallest absolute Gasteiger partial charge is 0.326 e. The predicted molar refractivity (Wildman–Crippen MR) is 53.8 cm³/mol. The normalized spacial score (nSPS) is 12.2. The van der Waals surface area contributed by atoms with Crippen molar-refractivity contribution in [2.45, 2.75) is 12.5 Å². The summed E-state index contributed by atoms with van der Waals surface area (Å²) in [4.78, 5) is 21.4. The fourth-order valence-corrected chi connectivity index (χ4v) is 1.26. The van der Waals surface area contributed by atoms with E-state index in [0.717, 1.165) is 5.69 Å². The second-order valence-electron chi connectivity index (χ2n) is 3.15. The van der Waals surface area contributed by atoms with Crippen LogP contribution in [0.2, 0.25) is 0 Å². The molecule has 2 aromatic rings. The van der Waals surface area contributed by atoms with Gasteiger partial charge < -0.3 is 19.8 Å². The Balaban J connectivity index is 2.03. The predicted octanol–water partition coefficient (Wildman–Crippen LogP) is 0.505. The van der Waals surface area contributed by atoms with Gasteiger partial charge in [0.2, 0.25) is 0 Å². The molecule has 0 amide bonds. The minimum atomic E-state index is -0.979. The highest BCUT2D eigenvalue weighted by molar-refractivity contribution is 5.76. The van der Waals surface area contributed by atoms with Crippen LogP contribution in [0, 0.1) is 0 Å². The van der Waals surface area contributed by atoms with Crippen LogP contribution in [0.25, 0.3) is 0 Å². The third kappa shape index (κ3) is 2.38. The first-order valence-electron chi connectivity index (χ1n) is 4.62. The number of nitrogens with zero attached hydrogens (tertiary/aromatic N) is 2. The lowest BCUT2D eigenvalue weighted by atomic mass is 10.2. The molecule has 0 spiro atoms. The number of aromatic nitrogens is 3. The van der Waals surface area contributed by atoms with E-state index in [-0.39, 0.29) is 12.4 Å². The zero-order valence-electron chi connectivity index (χ0n) is 8.25. The molecule has 0 saturated carbocycles. The van der Waals surface area contributed by atoms with Crippen LogP contribution in [-0.4, -0.2) is 32.1 Å². The first-order valence-corrected chi connectivity index (χ1v) is 4.62. The summed E-state index contributed by atoms with van der Waals surface area (Å²) in [6.07, 6.45) is 6.17. The molecule has 2 heterocycles. The highest BCUT2D eigenvalue weighted by atomic mass is 16.4. The maximum Gasteiger partial charge on any atom is 0.326 e. The second kappa shape index (κ2) is 4.47. The molecule has 0 aliphatic carbocycles. The number of imidazole rings is 1. The summed E-state index contributed by atoms with van der Waals surface area (Å²) in [5, 5.41) is 11.7. The Morgan fingerprint density at radius 2 is 2.56 bits per heavy atom. The van der Waals surface area contributed by atoms with Crippen molar-refractivity contribution < 1.29 is 14.3 Å². The molecule has 0 aliphatic rings. The first kappa shape index (κ1) is 10.2. The zero-order chi connectivity index (χ0) is 11.4. The number of carboxylic acids is 1. The maximum atomic E-state index is 11.0. The molecule has 7 nitrogen and oxygen atoms in total. The van der Waals surface area contributed by atoms with Crippen LogP contribution in [0.1, 0.15) is 5.69 Å². The number of carbonyl (C=O) groups is 1. The second-order valence-corrected chi connectivity index (χ2v) is 3.15. The average molecular weight is 222 g/mol. The number of hydrogen-bond donors (Lipinski definition) is 3. The van der Waals surface area contributed by atoms with Crippen LogP contribution in [0.15, 0.2) is 29.4 Å². The number of H-pyrrole nitrogens is 1. The minimum absolute atomic E-state index is 0.187. The number of aromatic amines is 1. The van der Waals surface area contributed by atoms with Gasteiger partial charge in [-0.3, -0.25) is 0 Å². The number of rotatable bonds is 5. The average Bonchev–Trinajstić information content (AvgIpc) is 2.88. The Bertz CT molecular complexity index is 401. The molecule has 2 aromatic heterocycles. The molecule has 0 fully saturated rings. The number of hydrogen-bond acceptors (Lipinski definition) is 5. The molecule has 0 bridgehead atoms. The summed E-state index contributed by atoms with van der Waals surface area (Å²) in [7, 11) is 0. The van der Waals surface area contributed by atoms with Gasteiger partial charge in [-0.1, -0.05) is 0 Å². The van der Waals surface area contributed by atoms with Crippen molar-refractivity contribution in [2.24, 2.45) is 0 Å². The van der Waals surface area contributed by atoms with Gasteiger partial charge in [0.1, 0.15) is 12.3 Å². The van der Waals surface area contributed by atoms with Gasteiger partial charge in [-0.15, -0.1) is 0 Å². The molecule has 0 aromatic carbocycles. The van der Waals surface area contributed by atoms with Gasteiger partial charge in [0, 0.05) is 18.3 Å². The molecule has 7 heteroatoms. The molecule has 0 aliphatic heterocycles. The highest BCUT2D eigenvalue weighted by Crippen LogP contribution is 2.07. The van der Waals surface area contributed by atoms with Crippen LogP contribution in [0.5, 0.6) is 0 Å². The molecule has 3 N–H and O–H groups in total. The standard InChI is InChI=1S/C9H10N4O3/c14-8(15)7(3-6-4-10-5-12-6)13-9-11-1-2-16-9/h1-2,4-5,7H,3H2,(H,10,12)(H,11,13)(H,14,15)/t7-/m0/s1. The van der Waals surface area contributed by atoms with E-state index in [1.165, 1.54) is 18.8 Å². The number of nitrogens with one attached hydrogen (secondary N) is 2. The highest BCUT2D eigenvalue weighted by Gasteiger charge is 2.19. The van der Waals surface area contributed by atoms with Gasteiger partial charge >= 0.3 is 5.97 Å². The molecular formula is C9H10N4O3. The van der Waals surface area contributed by atoms with Crippen molar-refractivity contribution in [3.05, 3.63) is 30.7 Å². The SMILES string of the molecule is O=C(O)[C@H](Cc1cnc[nH]1)Nc1ncco1. The van der Waals surface area contributed by atoms with E-state index in [2.05, 4.69) is 20.3 Å². The van der Waals surface area contributed by atoms with E-state index in [0.29, 0.717) is 0 Å². The van der Waals surface area contributed by atoms with Gasteiger partial charge in [0.05, 0.1) is 12.5 Å². The lowest BCUT2D eigenvalue weighted by Crippen LogP contribution is -2.31. The fraction of sp³-hybridized carbons (Fsp3) is 0.222. The number of oxazole rings is 1. The van der Waals surface area contributed by atoms with Crippen molar-refractivity contribution >= 4 is 12.0 Å². The van der Waals surface area contributed by atoms with Gasteiger partial charge in [0.15, 0.2) is 0 Å². The summed E-state index contributed by atoms with van der Waals surface area (Å²) in [5.41, 5.74) is 0.728. The molecule has 84 valence electrons. The Hall–Kier alpha value is -2.31. The molecule has 0 unspecified atom stereocenters. The summed E-state index contributed by atoms with van der Waals surface area (Å²) in [6, 6.07) is -0.619.